The number of hydrogen-bond donors (Lipinski definition) is 1. The topological polar surface area (TPSA) is 38.4 Å². The summed E-state index contributed by atoms with van der Waals surface area (Å²) in [5.74, 6) is 0.764. The predicted molar refractivity (Wildman–Crippen MR) is 50.3 cm³/mol. The van der Waals surface area contributed by atoms with Crippen molar-refractivity contribution >= 4 is 5.84 Å². The molecule has 0 aliphatic carbocycles. The monoisotopic (exact) mass is 160 g/mol. The molecule has 62 valence electrons. The fourth-order valence-corrected chi connectivity index (χ4v) is 1.54. The molecule has 2 rings (SSSR count). The SMILES string of the molecule is NC1=NCCc2ccccc2C1. The number of aliphatic imine (C=N–C) groups is 1. The summed E-state index contributed by atoms with van der Waals surface area (Å²) in [6.45, 7) is 0.836. The Labute approximate surface area is 72.1 Å². The van der Waals surface area contributed by atoms with Crippen LogP contribution in [0, 0.1) is 0 Å². The molecule has 0 unspecified atom stereocenters. The van der Waals surface area contributed by atoms with Crippen molar-refractivity contribution in [1.82, 2.24) is 0 Å². The summed E-state index contributed by atoms with van der Waals surface area (Å²) in [4.78, 5) is 4.23. The van der Waals surface area contributed by atoms with E-state index in [2.05, 4.69) is 29.3 Å². The van der Waals surface area contributed by atoms with Crippen LogP contribution in [-0.2, 0) is 12.8 Å². The summed E-state index contributed by atoms with van der Waals surface area (Å²) in [6.07, 6.45) is 1.84. The highest BCUT2D eigenvalue weighted by Crippen LogP contribution is 2.12. The van der Waals surface area contributed by atoms with Gasteiger partial charge in [0.15, 0.2) is 0 Å². The normalized spacial score (nSPS) is 16.2. The minimum atomic E-state index is 0.764. The summed E-state index contributed by atoms with van der Waals surface area (Å²) in [5.41, 5.74) is 8.42. The van der Waals surface area contributed by atoms with Crippen LogP contribution in [0.3, 0.4) is 0 Å². The van der Waals surface area contributed by atoms with Gasteiger partial charge in [-0.1, -0.05) is 24.3 Å². The van der Waals surface area contributed by atoms with Gasteiger partial charge in [0.25, 0.3) is 0 Å². The van der Waals surface area contributed by atoms with Crippen molar-refractivity contribution in [3.05, 3.63) is 35.4 Å². The molecule has 1 aromatic carbocycles. The maximum atomic E-state index is 5.70. The Balaban J connectivity index is 2.38. The lowest BCUT2D eigenvalue weighted by Crippen LogP contribution is -2.14. The molecule has 2 nitrogen and oxygen atoms in total. The van der Waals surface area contributed by atoms with Crippen molar-refractivity contribution in [2.75, 3.05) is 6.54 Å². The van der Waals surface area contributed by atoms with Crippen LogP contribution in [0.4, 0.5) is 0 Å². The lowest BCUT2D eigenvalue weighted by Gasteiger charge is -2.02. The standard InChI is InChI=1S/C10H12N2/c11-10-7-9-4-2-1-3-8(9)5-6-12-10/h1-4H,5-7H2,(H2,11,12). The molecule has 0 atom stereocenters. The molecule has 0 saturated heterocycles. The first-order valence-electron chi connectivity index (χ1n) is 4.22. The predicted octanol–water partition coefficient (Wildman–Crippen LogP) is 1.14. The van der Waals surface area contributed by atoms with Crippen molar-refractivity contribution in [3.63, 3.8) is 0 Å². The average molecular weight is 160 g/mol. The van der Waals surface area contributed by atoms with Crippen LogP contribution < -0.4 is 5.73 Å². The van der Waals surface area contributed by atoms with E-state index in [4.69, 9.17) is 5.73 Å². The molecule has 2 heteroatoms. The van der Waals surface area contributed by atoms with Crippen molar-refractivity contribution in [2.24, 2.45) is 10.7 Å². The second-order valence-electron chi connectivity index (χ2n) is 3.07. The van der Waals surface area contributed by atoms with E-state index in [1.807, 2.05) is 0 Å². The molecule has 12 heavy (non-hydrogen) atoms. The highest BCUT2D eigenvalue weighted by atomic mass is 14.8. The van der Waals surface area contributed by atoms with E-state index in [-0.39, 0.29) is 0 Å². The van der Waals surface area contributed by atoms with Gasteiger partial charge < -0.3 is 5.73 Å². The summed E-state index contributed by atoms with van der Waals surface area (Å²) >= 11 is 0. The molecule has 1 aliphatic rings. The third-order valence-corrected chi connectivity index (χ3v) is 2.19. The van der Waals surface area contributed by atoms with Crippen LogP contribution >= 0.6 is 0 Å². The van der Waals surface area contributed by atoms with E-state index in [9.17, 15) is 0 Å². The van der Waals surface area contributed by atoms with Gasteiger partial charge in [0.05, 0.1) is 5.84 Å². The Morgan fingerprint density at radius 3 is 2.75 bits per heavy atom. The first kappa shape index (κ1) is 7.35. The molecule has 1 heterocycles. The van der Waals surface area contributed by atoms with Gasteiger partial charge in [0, 0.05) is 13.0 Å². The van der Waals surface area contributed by atoms with Gasteiger partial charge in [-0.25, -0.2) is 0 Å². The third kappa shape index (κ3) is 1.33. The molecule has 0 amide bonds. The summed E-state index contributed by atoms with van der Waals surface area (Å²) < 4.78 is 0. The Kier molecular flexibility index (Phi) is 1.82. The lowest BCUT2D eigenvalue weighted by atomic mass is 10.0. The number of rotatable bonds is 0. The number of nitrogens with two attached hydrogens (primary N) is 1. The zero-order chi connectivity index (χ0) is 8.39. The minimum absolute atomic E-state index is 0.764. The average Bonchev–Trinajstić information content (AvgIpc) is 2.25. The Morgan fingerprint density at radius 2 is 1.92 bits per heavy atom. The van der Waals surface area contributed by atoms with Gasteiger partial charge in [-0.15, -0.1) is 0 Å². The maximum Gasteiger partial charge on any atom is 0.0981 e. The molecular formula is C10H12N2. The molecule has 0 bridgehead atoms. The number of hydrogen-bond acceptors (Lipinski definition) is 2. The second-order valence-corrected chi connectivity index (χ2v) is 3.07. The minimum Gasteiger partial charge on any atom is -0.387 e. The van der Waals surface area contributed by atoms with E-state index < -0.39 is 0 Å². The van der Waals surface area contributed by atoms with Gasteiger partial charge in [0.2, 0.25) is 0 Å². The van der Waals surface area contributed by atoms with Crippen LogP contribution in [-0.4, -0.2) is 12.4 Å². The van der Waals surface area contributed by atoms with Gasteiger partial charge >= 0.3 is 0 Å². The van der Waals surface area contributed by atoms with Crippen molar-refractivity contribution < 1.29 is 0 Å². The number of fused-ring (bicyclic) bond motifs is 1. The third-order valence-electron chi connectivity index (χ3n) is 2.19. The highest BCUT2D eigenvalue weighted by Gasteiger charge is 2.06. The summed E-state index contributed by atoms with van der Waals surface area (Å²) in [7, 11) is 0. The largest absolute Gasteiger partial charge is 0.387 e. The fraction of sp³-hybridized carbons (Fsp3) is 0.300. The van der Waals surface area contributed by atoms with E-state index in [1.54, 1.807) is 0 Å². The Hall–Kier alpha value is -1.31. The van der Waals surface area contributed by atoms with Crippen molar-refractivity contribution in [2.45, 2.75) is 12.8 Å². The van der Waals surface area contributed by atoms with Crippen molar-refractivity contribution in [1.29, 1.82) is 0 Å². The van der Waals surface area contributed by atoms with Gasteiger partial charge in [-0.2, -0.15) is 0 Å². The first-order valence-corrected chi connectivity index (χ1v) is 4.22. The van der Waals surface area contributed by atoms with Gasteiger partial charge in [-0.3, -0.25) is 4.99 Å². The number of amidine groups is 1. The molecule has 0 saturated carbocycles. The molecule has 0 radical (unpaired) electrons. The molecule has 1 aromatic rings. The van der Waals surface area contributed by atoms with Crippen LogP contribution in [0.15, 0.2) is 29.3 Å². The lowest BCUT2D eigenvalue weighted by molar-refractivity contribution is 0.973. The zero-order valence-electron chi connectivity index (χ0n) is 6.96. The molecule has 0 spiro atoms. The Bertz CT molecular complexity index is 315. The number of benzene rings is 1. The van der Waals surface area contributed by atoms with E-state index in [0.717, 1.165) is 25.2 Å². The van der Waals surface area contributed by atoms with Crippen LogP contribution in [0.25, 0.3) is 0 Å². The second kappa shape index (κ2) is 2.97. The summed E-state index contributed by atoms with van der Waals surface area (Å²) in [5, 5.41) is 0. The van der Waals surface area contributed by atoms with Gasteiger partial charge in [0.1, 0.15) is 0 Å². The number of nitrogens with zero attached hydrogens (tertiary/aromatic N) is 1. The summed E-state index contributed by atoms with van der Waals surface area (Å²) in [6, 6.07) is 8.41. The van der Waals surface area contributed by atoms with Crippen LogP contribution in [0.1, 0.15) is 11.1 Å². The quantitative estimate of drug-likeness (QED) is 0.607. The molecular weight excluding hydrogens is 148 g/mol. The van der Waals surface area contributed by atoms with Crippen LogP contribution in [0.5, 0.6) is 0 Å². The van der Waals surface area contributed by atoms with E-state index >= 15 is 0 Å². The molecule has 2 N–H and O–H groups in total. The molecule has 0 aromatic heterocycles. The van der Waals surface area contributed by atoms with E-state index in [0.29, 0.717) is 0 Å². The highest BCUT2D eigenvalue weighted by molar-refractivity contribution is 5.83. The fourth-order valence-electron chi connectivity index (χ4n) is 1.54. The van der Waals surface area contributed by atoms with Crippen LogP contribution in [0.2, 0.25) is 0 Å². The Morgan fingerprint density at radius 1 is 1.17 bits per heavy atom. The van der Waals surface area contributed by atoms with Crippen molar-refractivity contribution in [3.8, 4) is 0 Å². The first-order chi connectivity index (χ1) is 5.86. The zero-order valence-corrected chi connectivity index (χ0v) is 6.96. The van der Waals surface area contributed by atoms with Gasteiger partial charge in [-0.05, 0) is 17.5 Å². The van der Waals surface area contributed by atoms with E-state index in [1.165, 1.54) is 11.1 Å². The molecule has 0 fully saturated rings. The molecule has 1 aliphatic heterocycles. The maximum absolute atomic E-state index is 5.70. The smallest absolute Gasteiger partial charge is 0.0981 e.